The third-order valence-corrected chi connectivity index (χ3v) is 3.92. The Morgan fingerprint density at radius 1 is 1.47 bits per heavy atom. The maximum atomic E-state index is 11.6. The van der Waals surface area contributed by atoms with E-state index in [-0.39, 0.29) is 4.90 Å². The summed E-state index contributed by atoms with van der Waals surface area (Å²) in [5.74, 6) is 0. The SMILES string of the molecule is CCN1C=NS(=O)(=O)c2cc(Br)ccc21. The minimum atomic E-state index is -3.51. The smallest absolute Gasteiger partial charge is 0.285 e. The molecule has 0 aliphatic carbocycles. The second-order valence-electron chi connectivity index (χ2n) is 3.09. The lowest BCUT2D eigenvalue weighted by Crippen LogP contribution is -2.26. The molecule has 0 bridgehead atoms. The molecule has 0 radical (unpaired) electrons. The van der Waals surface area contributed by atoms with Gasteiger partial charge in [0.25, 0.3) is 10.0 Å². The Morgan fingerprint density at radius 3 is 2.87 bits per heavy atom. The van der Waals surface area contributed by atoms with E-state index in [2.05, 4.69) is 20.3 Å². The Labute approximate surface area is 96.8 Å². The Kier molecular flexibility index (Phi) is 2.56. The summed E-state index contributed by atoms with van der Waals surface area (Å²) in [7, 11) is -3.51. The van der Waals surface area contributed by atoms with Gasteiger partial charge in [-0.15, -0.1) is 4.40 Å². The molecule has 0 fully saturated rings. The molecule has 6 heteroatoms. The van der Waals surface area contributed by atoms with Gasteiger partial charge in [0, 0.05) is 11.0 Å². The summed E-state index contributed by atoms with van der Waals surface area (Å²) in [6, 6.07) is 5.16. The number of rotatable bonds is 1. The second-order valence-corrected chi connectivity index (χ2v) is 5.61. The minimum Gasteiger partial charge on any atom is -0.331 e. The fourth-order valence-electron chi connectivity index (χ4n) is 1.42. The van der Waals surface area contributed by atoms with Crippen molar-refractivity contribution in [2.24, 2.45) is 4.40 Å². The molecule has 1 aliphatic heterocycles. The first-order valence-corrected chi connectivity index (χ1v) is 6.64. The summed E-state index contributed by atoms with van der Waals surface area (Å²) < 4.78 is 27.6. The molecule has 1 heterocycles. The highest BCUT2D eigenvalue weighted by molar-refractivity contribution is 9.10. The van der Waals surface area contributed by atoms with E-state index < -0.39 is 10.0 Å². The monoisotopic (exact) mass is 288 g/mol. The Bertz CT molecular complexity index is 525. The van der Waals surface area contributed by atoms with E-state index in [1.807, 2.05) is 13.0 Å². The van der Waals surface area contributed by atoms with E-state index in [4.69, 9.17) is 0 Å². The zero-order chi connectivity index (χ0) is 11.1. The van der Waals surface area contributed by atoms with Crippen LogP contribution in [0.25, 0.3) is 0 Å². The number of fused-ring (bicyclic) bond motifs is 1. The lowest BCUT2D eigenvalue weighted by atomic mass is 10.3. The van der Waals surface area contributed by atoms with E-state index in [0.29, 0.717) is 12.2 Å². The van der Waals surface area contributed by atoms with Crippen LogP contribution in [0.4, 0.5) is 5.69 Å². The van der Waals surface area contributed by atoms with E-state index in [9.17, 15) is 8.42 Å². The quantitative estimate of drug-likeness (QED) is 0.794. The largest absolute Gasteiger partial charge is 0.331 e. The van der Waals surface area contributed by atoms with Gasteiger partial charge in [-0.2, -0.15) is 8.42 Å². The van der Waals surface area contributed by atoms with E-state index in [0.717, 1.165) is 4.47 Å². The number of hydrogen-bond donors (Lipinski definition) is 0. The molecule has 1 aliphatic rings. The molecular weight excluding hydrogens is 280 g/mol. The molecule has 4 nitrogen and oxygen atoms in total. The highest BCUT2D eigenvalue weighted by atomic mass is 79.9. The molecule has 80 valence electrons. The van der Waals surface area contributed by atoms with Crippen molar-refractivity contribution >= 4 is 38.0 Å². The van der Waals surface area contributed by atoms with Crippen molar-refractivity contribution in [1.82, 2.24) is 0 Å². The van der Waals surface area contributed by atoms with Crippen LogP contribution in [-0.4, -0.2) is 21.3 Å². The Morgan fingerprint density at radius 2 is 2.20 bits per heavy atom. The van der Waals surface area contributed by atoms with Crippen molar-refractivity contribution in [3.8, 4) is 0 Å². The van der Waals surface area contributed by atoms with Crippen LogP contribution in [0.2, 0.25) is 0 Å². The average Bonchev–Trinajstić information content (AvgIpc) is 2.19. The Hall–Kier alpha value is -0.880. The second kappa shape index (κ2) is 3.61. The fourth-order valence-corrected chi connectivity index (χ4v) is 3.01. The number of halogens is 1. The molecule has 0 saturated carbocycles. The van der Waals surface area contributed by atoms with Gasteiger partial charge in [-0.3, -0.25) is 0 Å². The minimum absolute atomic E-state index is 0.251. The molecule has 1 aromatic rings. The Balaban J connectivity index is 2.70. The number of nitrogens with zero attached hydrogens (tertiary/aromatic N) is 2. The zero-order valence-corrected chi connectivity index (χ0v) is 10.4. The van der Waals surface area contributed by atoms with Crippen LogP contribution in [0.15, 0.2) is 32.0 Å². The van der Waals surface area contributed by atoms with Gasteiger partial charge in [-0.25, -0.2) is 0 Å². The van der Waals surface area contributed by atoms with Crippen molar-refractivity contribution in [2.45, 2.75) is 11.8 Å². The summed E-state index contributed by atoms with van der Waals surface area (Å²) in [5.41, 5.74) is 0.677. The van der Waals surface area contributed by atoms with Crippen LogP contribution in [-0.2, 0) is 10.0 Å². The molecule has 0 atom stereocenters. The van der Waals surface area contributed by atoms with Crippen molar-refractivity contribution in [3.63, 3.8) is 0 Å². The average molecular weight is 289 g/mol. The van der Waals surface area contributed by atoms with Crippen molar-refractivity contribution in [1.29, 1.82) is 0 Å². The van der Waals surface area contributed by atoms with Crippen molar-refractivity contribution < 1.29 is 8.42 Å². The number of anilines is 1. The van der Waals surface area contributed by atoms with Gasteiger partial charge in [0.1, 0.15) is 11.2 Å². The standard InChI is InChI=1S/C9H9BrN2O2S/c1-2-12-6-11-15(13,14)9-5-7(10)3-4-8(9)12/h3-6H,2H2,1H3. The van der Waals surface area contributed by atoms with E-state index >= 15 is 0 Å². The number of sulfonamides is 1. The topological polar surface area (TPSA) is 49.7 Å². The predicted molar refractivity (Wildman–Crippen MR) is 62.8 cm³/mol. The number of hydrogen-bond acceptors (Lipinski definition) is 3. The van der Waals surface area contributed by atoms with Gasteiger partial charge >= 0.3 is 0 Å². The predicted octanol–water partition coefficient (Wildman–Crippen LogP) is 2.01. The first-order chi connectivity index (χ1) is 7.04. The zero-order valence-electron chi connectivity index (χ0n) is 8.01. The molecule has 1 aromatic carbocycles. The van der Waals surface area contributed by atoms with Gasteiger partial charge < -0.3 is 4.90 Å². The first-order valence-electron chi connectivity index (χ1n) is 4.41. The maximum Gasteiger partial charge on any atom is 0.285 e. The summed E-state index contributed by atoms with van der Waals surface area (Å²) in [6.07, 6.45) is 1.35. The molecule has 0 N–H and O–H groups in total. The van der Waals surface area contributed by atoms with Gasteiger partial charge in [0.2, 0.25) is 0 Å². The van der Waals surface area contributed by atoms with Crippen LogP contribution in [0.5, 0.6) is 0 Å². The van der Waals surface area contributed by atoms with Gasteiger partial charge in [-0.05, 0) is 25.1 Å². The summed E-state index contributed by atoms with van der Waals surface area (Å²) in [6.45, 7) is 2.63. The first kappa shape index (κ1) is 10.6. The van der Waals surface area contributed by atoms with Crippen molar-refractivity contribution in [2.75, 3.05) is 11.4 Å². The fraction of sp³-hybridized carbons (Fsp3) is 0.222. The van der Waals surface area contributed by atoms with E-state index in [1.165, 1.54) is 6.34 Å². The van der Waals surface area contributed by atoms with E-state index in [1.54, 1.807) is 17.0 Å². The molecule has 15 heavy (non-hydrogen) atoms. The van der Waals surface area contributed by atoms with Crippen LogP contribution in [0.1, 0.15) is 6.92 Å². The maximum absolute atomic E-state index is 11.6. The highest BCUT2D eigenvalue weighted by Crippen LogP contribution is 2.31. The van der Waals surface area contributed by atoms with Crippen LogP contribution in [0, 0.1) is 0 Å². The summed E-state index contributed by atoms with van der Waals surface area (Å²) in [4.78, 5) is 2.05. The van der Waals surface area contributed by atoms with Crippen LogP contribution >= 0.6 is 15.9 Å². The van der Waals surface area contributed by atoms with Crippen LogP contribution < -0.4 is 4.90 Å². The molecule has 2 rings (SSSR count). The normalized spacial score (nSPS) is 17.6. The lowest BCUT2D eigenvalue weighted by molar-refractivity contribution is 0.597. The van der Waals surface area contributed by atoms with Gasteiger partial charge in [0.05, 0.1) is 5.69 Å². The summed E-state index contributed by atoms with van der Waals surface area (Å²) in [5, 5.41) is 0. The summed E-state index contributed by atoms with van der Waals surface area (Å²) >= 11 is 3.25. The molecule has 0 spiro atoms. The van der Waals surface area contributed by atoms with Gasteiger partial charge in [-0.1, -0.05) is 15.9 Å². The van der Waals surface area contributed by atoms with Crippen LogP contribution in [0.3, 0.4) is 0 Å². The molecular formula is C9H9BrN2O2S. The van der Waals surface area contributed by atoms with Gasteiger partial charge in [0.15, 0.2) is 0 Å². The molecule has 0 saturated heterocycles. The third kappa shape index (κ3) is 1.79. The molecule has 0 unspecified atom stereocenters. The molecule has 0 aromatic heterocycles. The number of benzene rings is 1. The molecule has 0 amide bonds. The third-order valence-electron chi connectivity index (χ3n) is 2.18. The lowest BCUT2D eigenvalue weighted by Gasteiger charge is -2.23. The highest BCUT2D eigenvalue weighted by Gasteiger charge is 2.24. The van der Waals surface area contributed by atoms with Crippen molar-refractivity contribution in [3.05, 3.63) is 22.7 Å².